The Morgan fingerprint density at radius 2 is 0.920 bits per heavy atom. The van der Waals surface area contributed by atoms with Crippen molar-refractivity contribution in [1.29, 1.82) is 0 Å². The highest BCUT2D eigenvalue weighted by atomic mass is 16.7. The molecule has 0 aliphatic carbocycles. The molecule has 100 heavy (non-hydrogen) atoms. The van der Waals surface area contributed by atoms with Crippen LogP contribution in [0.25, 0.3) is 0 Å². The molecule has 0 saturated carbocycles. The van der Waals surface area contributed by atoms with E-state index in [1.54, 1.807) is 0 Å². The number of hydrogen-bond acceptors (Lipinski definition) is 37. The fraction of sp³-hybridized carbons (Fsp3) is 0.737. The van der Waals surface area contributed by atoms with Gasteiger partial charge < -0.3 is 109 Å². The number of carbonyl (C=O) groups excluding carboxylic acids is 11. The normalized spacial score (nSPS) is 18.4. The lowest BCUT2D eigenvalue weighted by atomic mass is 9.87. The van der Waals surface area contributed by atoms with E-state index >= 15 is 0 Å². The van der Waals surface area contributed by atoms with Gasteiger partial charge in [-0.1, -0.05) is 0 Å². The monoisotopic (exact) mass is 1450 g/mol. The molecule has 1 saturated heterocycles. The maximum Gasteiger partial charge on any atom is 0.317 e. The number of aliphatic carboxylic acids is 4. The van der Waals surface area contributed by atoms with Crippen molar-refractivity contribution in [2.45, 2.75) is 155 Å². The number of hydroxylamine groups is 2. The summed E-state index contributed by atoms with van der Waals surface area (Å²) >= 11 is 0. The largest absolute Gasteiger partial charge is 0.480 e. The average Bonchev–Trinajstić information content (AvgIpc) is 1.38. The molecule has 0 spiro atoms. The predicted octanol–water partition coefficient (Wildman–Crippen LogP) is -8.33. The van der Waals surface area contributed by atoms with E-state index in [1.165, 1.54) is 9.80 Å². The van der Waals surface area contributed by atoms with Gasteiger partial charge in [0.15, 0.2) is 36.6 Å². The standard InChI is InChI=1S/C57H91N7O36/c1-28(67)90-22-39(77)49(96-32(5)71)46(86)41(94-30(3)69)23-92-61-27-57(24-58-54(88)51(98-34(7)73)47(87)48(38(76)20-65)95-31(4)70,25-59-55(89)53(100-36(9)75)52(99-35(8)74)50(97-33(6)72)40(21-66)93-29(2)68)26-60-91-14-10-11-37-15-62(16-42(78)79)12-13-63(17-43(80)81)56(37)64(18-44(82)83)19-45(84)85/h37-41,46-53,56,60-61,65-66,76-77,86-87H,10-27H2,1-9H3,(H,58,88)(H,59,89)(H,78,79)(H,80,81)(H,82,83)(H,84,85). The average molecular weight is 1450 g/mol. The number of aliphatic hydroxyl groups excluding tert-OH is 6. The number of nitrogens with one attached hydrogen (secondary N) is 4. The molecule has 1 rings (SSSR count). The van der Waals surface area contributed by atoms with Gasteiger partial charge in [0, 0.05) is 119 Å². The molecule has 0 bridgehead atoms. The van der Waals surface area contributed by atoms with E-state index in [0.717, 1.165) is 67.2 Å². The van der Waals surface area contributed by atoms with E-state index in [2.05, 4.69) is 21.6 Å². The van der Waals surface area contributed by atoms with Crippen molar-refractivity contribution >= 4 is 89.4 Å². The van der Waals surface area contributed by atoms with Gasteiger partial charge in [0.1, 0.15) is 37.6 Å². The zero-order valence-corrected chi connectivity index (χ0v) is 56.2. The molecule has 43 heteroatoms. The number of nitrogens with zero attached hydrogens (tertiary/aromatic N) is 3. The summed E-state index contributed by atoms with van der Waals surface area (Å²) in [6.45, 7) is -4.61. The summed E-state index contributed by atoms with van der Waals surface area (Å²) < 4.78 is 46.2. The van der Waals surface area contributed by atoms with Gasteiger partial charge in [0.25, 0.3) is 11.8 Å². The van der Waals surface area contributed by atoms with Crippen LogP contribution in [0.3, 0.4) is 0 Å². The molecule has 0 aromatic carbocycles. The second-order valence-electron chi connectivity index (χ2n) is 22.7. The van der Waals surface area contributed by atoms with E-state index in [-0.39, 0.29) is 32.5 Å². The van der Waals surface area contributed by atoms with Gasteiger partial charge in [-0.05, 0) is 12.8 Å². The van der Waals surface area contributed by atoms with Gasteiger partial charge in [0.05, 0.1) is 52.2 Å². The molecule has 1 aliphatic heterocycles. The molecular formula is C57H91N7O36. The van der Waals surface area contributed by atoms with Crippen molar-refractivity contribution in [2.75, 3.05) is 105 Å². The third-order valence-electron chi connectivity index (χ3n) is 14.1. The second-order valence-corrected chi connectivity index (χ2v) is 22.7. The molecule has 1 aliphatic rings. The highest BCUT2D eigenvalue weighted by Gasteiger charge is 2.49. The Hall–Kier alpha value is -8.47. The van der Waals surface area contributed by atoms with E-state index in [1.807, 2.05) is 0 Å². The van der Waals surface area contributed by atoms with Crippen LogP contribution in [0.4, 0.5) is 0 Å². The van der Waals surface area contributed by atoms with Crippen LogP contribution in [0, 0.1) is 11.3 Å². The fourth-order valence-electron chi connectivity index (χ4n) is 10.1. The Labute approximate surface area is 570 Å². The number of ether oxygens (including phenoxy) is 9. The summed E-state index contributed by atoms with van der Waals surface area (Å²) in [5, 5.41) is 109. The first kappa shape index (κ1) is 89.5. The molecule has 570 valence electrons. The van der Waals surface area contributed by atoms with Gasteiger partial charge in [-0.3, -0.25) is 91.5 Å². The summed E-state index contributed by atoms with van der Waals surface area (Å²) in [7, 11) is 0. The van der Waals surface area contributed by atoms with Crippen molar-refractivity contribution < 1.29 is 175 Å². The lowest BCUT2D eigenvalue weighted by Crippen LogP contribution is -2.61. The minimum atomic E-state index is -2.52. The number of carboxylic acid groups (broad SMARTS) is 4. The summed E-state index contributed by atoms with van der Waals surface area (Å²) in [5.41, 5.74) is 2.87. The summed E-state index contributed by atoms with van der Waals surface area (Å²) in [4.78, 5) is 205. The molecular weight excluding hydrogens is 1360 g/mol. The predicted molar refractivity (Wildman–Crippen MR) is 322 cm³/mol. The molecule has 15 unspecified atom stereocenters. The molecule has 0 radical (unpaired) electrons. The van der Waals surface area contributed by atoms with Crippen molar-refractivity contribution in [3.8, 4) is 0 Å². The summed E-state index contributed by atoms with van der Waals surface area (Å²) in [6, 6.07) is 0. The van der Waals surface area contributed by atoms with Crippen LogP contribution in [0.2, 0.25) is 0 Å². The lowest BCUT2D eigenvalue weighted by Gasteiger charge is -2.41. The third kappa shape index (κ3) is 34.1. The van der Waals surface area contributed by atoms with Crippen LogP contribution < -0.4 is 21.6 Å². The van der Waals surface area contributed by atoms with Crippen LogP contribution in [-0.2, 0) is 124 Å². The number of amides is 2. The van der Waals surface area contributed by atoms with Gasteiger partial charge in [-0.2, -0.15) is 0 Å². The lowest BCUT2D eigenvalue weighted by molar-refractivity contribution is -0.201. The smallest absolute Gasteiger partial charge is 0.317 e. The SMILES string of the molecule is CC(=O)OCC(O)C(OC(C)=O)C(O)C(CONCC(CNOCCCC1CN(CC(=O)O)CCN(CC(=O)O)C1N(CC(=O)O)CC(=O)O)(CNC(=O)C(OC(C)=O)C(O)C(OC(C)=O)C(O)CO)CNC(=O)C(OC(C)=O)C(OC(C)=O)C(OC(C)=O)C(CO)OC(C)=O)OC(C)=O. The molecule has 2 amide bonds. The molecule has 0 aromatic heterocycles. The van der Waals surface area contributed by atoms with Crippen molar-refractivity contribution in [3.63, 3.8) is 0 Å². The van der Waals surface area contributed by atoms with Crippen LogP contribution in [0.1, 0.15) is 75.2 Å². The summed E-state index contributed by atoms with van der Waals surface area (Å²) in [6.07, 6.45) is -28.1. The first-order valence-electron chi connectivity index (χ1n) is 30.5. The Bertz CT molecular complexity index is 2750. The quantitative estimate of drug-likeness (QED) is 0.0116. The molecule has 1 heterocycles. The number of carbonyl (C=O) groups is 15. The highest BCUT2D eigenvalue weighted by Crippen LogP contribution is 2.27. The van der Waals surface area contributed by atoms with Gasteiger partial charge in [-0.25, -0.2) is 11.0 Å². The molecule has 1 fully saturated rings. The van der Waals surface area contributed by atoms with Gasteiger partial charge in [0.2, 0.25) is 12.2 Å². The number of esters is 9. The Morgan fingerprint density at radius 3 is 1.38 bits per heavy atom. The Morgan fingerprint density at radius 1 is 0.470 bits per heavy atom. The maximum atomic E-state index is 14.8. The highest BCUT2D eigenvalue weighted by molar-refractivity contribution is 5.86. The fourth-order valence-corrected chi connectivity index (χ4v) is 10.1. The second kappa shape index (κ2) is 45.3. The Balaban J connectivity index is 4.44. The Kier molecular flexibility index (Phi) is 40.6. The molecule has 15 atom stereocenters. The van der Waals surface area contributed by atoms with Crippen molar-refractivity contribution in [1.82, 2.24) is 36.3 Å². The topological polar surface area (TPSA) is 618 Å². The minimum Gasteiger partial charge on any atom is -0.480 e. The maximum absolute atomic E-state index is 14.8. The van der Waals surface area contributed by atoms with Crippen LogP contribution >= 0.6 is 0 Å². The van der Waals surface area contributed by atoms with Crippen LogP contribution in [-0.4, -0.2) is 340 Å². The zero-order valence-electron chi connectivity index (χ0n) is 56.2. The first-order chi connectivity index (χ1) is 46.7. The molecule has 14 N–H and O–H groups in total. The van der Waals surface area contributed by atoms with Gasteiger partial charge in [-0.15, -0.1) is 0 Å². The third-order valence-corrected chi connectivity index (χ3v) is 14.1. The van der Waals surface area contributed by atoms with E-state index in [9.17, 15) is 123 Å². The van der Waals surface area contributed by atoms with Crippen LogP contribution in [0.5, 0.6) is 0 Å². The van der Waals surface area contributed by atoms with Crippen LogP contribution in [0.15, 0.2) is 0 Å². The van der Waals surface area contributed by atoms with E-state index in [0.29, 0.717) is 0 Å². The number of carboxylic acids is 4. The van der Waals surface area contributed by atoms with Gasteiger partial charge >= 0.3 is 77.6 Å². The first-order valence-corrected chi connectivity index (χ1v) is 30.5. The van der Waals surface area contributed by atoms with E-state index < -0.39 is 266 Å². The van der Waals surface area contributed by atoms with Crippen molar-refractivity contribution in [3.05, 3.63) is 0 Å². The summed E-state index contributed by atoms with van der Waals surface area (Å²) in [5.74, 6) is -20.3. The minimum absolute atomic E-state index is 0.0830. The number of rotatable bonds is 48. The number of aliphatic hydroxyl groups is 6. The van der Waals surface area contributed by atoms with E-state index in [4.69, 9.17) is 52.3 Å². The number of hydrogen-bond donors (Lipinski definition) is 14. The molecule has 43 nitrogen and oxygen atoms in total. The molecule has 0 aromatic rings. The van der Waals surface area contributed by atoms with Crippen molar-refractivity contribution in [2.24, 2.45) is 11.3 Å². The zero-order chi connectivity index (χ0) is 76.3.